The molecule has 0 aromatic rings. The standard InChI is InChI=1S/C7H15NO3/c1-3-6(4-5-9)8-7(10)11-2/h6,9H,3-5H2,1-2H3,(H,8,10). The summed E-state index contributed by atoms with van der Waals surface area (Å²) < 4.78 is 4.40. The van der Waals surface area contributed by atoms with E-state index in [1.54, 1.807) is 0 Å². The van der Waals surface area contributed by atoms with Crippen molar-refractivity contribution in [2.75, 3.05) is 13.7 Å². The van der Waals surface area contributed by atoms with Crippen molar-refractivity contribution in [3.05, 3.63) is 0 Å². The molecule has 0 radical (unpaired) electrons. The van der Waals surface area contributed by atoms with E-state index in [0.29, 0.717) is 6.42 Å². The van der Waals surface area contributed by atoms with E-state index in [2.05, 4.69) is 10.1 Å². The van der Waals surface area contributed by atoms with E-state index in [4.69, 9.17) is 5.11 Å². The fourth-order valence-electron chi connectivity index (χ4n) is 0.760. The van der Waals surface area contributed by atoms with Gasteiger partial charge >= 0.3 is 6.09 Å². The van der Waals surface area contributed by atoms with Gasteiger partial charge in [-0.25, -0.2) is 4.79 Å². The maximum atomic E-state index is 10.6. The van der Waals surface area contributed by atoms with Crippen LogP contribution in [0.5, 0.6) is 0 Å². The third kappa shape index (κ3) is 4.61. The number of aliphatic hydroxyl groups is 1. The number of nitrogens with one attached hydrogen (secondary N) is 1. The second kappa shape index (κ2) is 5.97. The highest BCUT2D eigenvalue weighted by atomic mass is 16.5. The molecule has 0 aliphatic carbocycles. The summed E-state index contributed by atoms with van der Waals surface area (Å²) in [5.41, 5.74) is 0. The van der Waals surface area contributed by atoms with Gasteiger partial charge in [-0.2, -0.15) is 0 Å². The normalized spacial score (nSPS) is 12.3. The number of carbonyl (C=O) groups is 1. The van der Waals surface area contributed by atoms with Crippen molar-refractivity contribution in [3.63, 3.8) is 0 Å². The van der Waals surface area contributed by atoms with Gasteiger partial charge < -0.3 is 15.2 Å². The van der Waals surface area contributed by atoms with E-state index in [0.717, 1.165) is 6.42 Å². The third-order valence-electron chi connectivity index (χ3n) is 1.48. The van der Waals surface area contributed by atoms with Gasteiger partial charge in [-0.3, -0.25) is 0 Å². The molecular formula is C7H15NO3. The summed E-state index contributed by atoms with van der Waals surface area (Å²) >= 11 is 0. The van der Waals surface area contributed by atoms with Crippen molar-refractivity contribution in [1.29, 1.82) is 0 Å². The van der Waals surface area contributed by atoms with E-state index >= 15 is 0 Å². The van der Waals surface area contributed by atoms with Gasteiger partial charge in [-0.05, 0) is 12.8 Å². The molecule has 0 heterocycles. The fraction of sp³-hybridized carbons (Fsp3) is 0.857. The number of carbonyl (C=O) groups excluding carboxylic acids is 1. The van der Waals surface area contributed by atoms with Gasteiger partial charge in [-0.1, -0.05) is 6.92 Å². The van der Waals surface area contributed by atoms with Crippen LogP contribution in [-0.4, -0.2) is 31.0 Å². The zero-order valence-corrected chi connectivity index (χ0v) is 6.96. The van der Waals surface area contributed by atoms with Crippen molar-refractivity contribution in [1.82, 2.24) is 5.32 Å². The quantitative estimate of drug-likeness (QED) is 0.631. The van der Waals surface area contributed by atoms with Gasteiger partial charge in [0.05, 0.1) is 7.11 Å². The minimum atomic E-state index is -0.440. The van der Waals surface area contributed by atoms with Crippen LogP contribution in [0, 0.1) is 0 Å². The van der Waals surface area contributed by atoms with E-state index in [9.17, 15) is 4.79 Å². The Morgan fingerprint density at radius 2 is 2.36 bits per heavy atom. The van der Waals surface area contributed by atoms with Crippen LogP contribution >= 0.6 is 0 Å². The van der Waals surface area contributed by atoms with E-state index in [1.807, 2.05) is 6.92 Å². The highest BCUT2D eigenvalue weighted by Gasteiger charge is 2.08. The molecule has 1 amide bonds. The summed E-state index contributed by atoms with van der Waals surface area (Å²) in [6, 6.07) is 0.0208. The number of methoxy groups -OCH3 is 1. The van der Waals surface area contributed by atoms with Crippen molar-refractivity contribution < 1.29 is 14.6 Å². The molecule has 4 heteroatoms. The van der Waals surface area contributed by atoms with Crippen molar-refractivity contribution in [2.45, 2.75) is 25.8 Å². The molecule has 0 aromatic carbocycles. The molecule has 0 bridgehead atoms. The van der Waals surface area contributed by atoms with Crippen molar-refractivity contribution in [3.8, 4) is 0 Å². The number of amides is 1. The van der Waals surface area contributed by atoms with Crippen molar-refractivity contribution in [2.24, 2.45) is 0 Å². The number of hydrogen-bond donors (Lipinski definition) is 2. The Balaban J connectivity index is 3.58. The molecule has 0 fully saturated rings. The first kappa shape index (κ1) is 10.2. The molecule has 0 aliphatic rings. The summed E-state index contributed by atoms with van der Waals surface area (Å²) in [4.78, 5) is 10.6. The number of hydrogen-bond acceptors (Lipinski definition) is 3. The molecule has 2 N–H and O–H groups in total. The molecule has 1 unspecified atom stereocenters. The SMILES string of the molecule is CCC(CCO)NC(=O)OC. The molecule has 0 rings (SSSR count). The highest BCUT2D eigenvalue weighted by Crippen LogP contribution is 1.96. The predicted molar refractivity (Wildman–Crippen MR) is 41.3 cm³/mol. The lowest BCUT2D eigenvalue weighted by molar-refractivity contribution is 0.162. The molecule has 66 valence electrons. The maximum Gasteiger partial charge on any atom is 0.407 e. The Hall–Kier alpha value is -0.770. The van der Waals surface area contributed by atoms with Gasteiger partial charge in [0, 0.05) is 12.6 Å². The Morgan fingerprint density at radius 3 is 2.73 bits per heavy atom. The van der Waals surface area contributed by atoms with Crippen LogP contribution in [-0.2, 0) is 4.74 Å². The van der Waals surface area contributed by atoms with Crippen LogP contribution in [0.3, 0.4) is 0 Å². The molecule has 0 spiro atoms. The number of aliphatic hydroxyl groups excluding tert-OH is 1. The fourth-order valence-corrected chi connectivity index (χ4v) is 0.760. The summed E-state index contributed by atoms with van der Waals surface area (Å²) in [5, 5.41) is 11.2. The minimum Gasteiger partial charge on any atom is -0.453 e. The first-order valence-corrected chi connectivity index (χ1v) is 3.70. The highest BCUT2D eigenvalue weighted by molar-refractivity contribution is 5.67. The van der Waals surface area contributed by atoms with Crippen LogP contribution < -0.4 is 5.32 Å². The minimum absolute atomic E-state index is 0.0208. The summed E-state index contributed by atoms with van der Waals surface area (Å²) in [5.74, 6) is 0. The van der Waals surface area contributed by atoms with Crippen LogP contribution in [0.2, 0.25) is 0 Å². The van der Waals surface area contributed by atoms with Crippen LogP contribution in [0.25, 0.3) is 0 Å². The third-order valence-corrected chi connectivity index (χ3v) is 1.48. The Labute approximate surface area is 66.5 Å². The van der Waals surface area contributed by atoms with Gasteiger partial charge in [0.2, 0.25) is 0 Å². The molecule has 11 heavy (non-hydrogen) atoms. The van der Waals surface area contributed by atoms with Gasteiger partial charge in [-0.15, -0.1) is 0 Å². The van der Waals surface area contributed by atoms with Gasteiger partial charge in [0.15, 0.2) is 0 Å². The lowest BCUT2D eigenvalue weighted by Gasteiger charge is -2.13. The van der Waals surface area contributed by atoms with Crippen LogP contribution in [0.4, 0.5) is 4.79 Å². The molecule has 0 aromatic heterocycles. The molecule has 1 atom stereocenters. The average molecular weight is 161 g/mol. The number of ether oxygens (including phenoxy) is 1. The maximum absolute atomic E-state index is 10.6. The first-order chi connectivity index (χ1) is 5.24. The molecule has 0 aliphatic heterocycles. The zero-order chi connectivity index (χ0) is 8.69. The largest absolute Gasteiger partial charge is 0.453 e. The Morgan fingerprint density at radius 1 is 1.73 bits per heavy atom. The van der Waals surface area contributed by atoms with Crippen molar-refractivity contribution >= 4 is 6.09 Å². The van der Waals surface area contributed by atoms with Crippen LogP contribution in [0.1, 0.15) is 19.8 Å². The molecule has 0 saturated carbocycles. The number of alkyl carbamates (subject to hydrolysis) is 1. The van der Waals surface area contributed by atoms with E-state index in [-0.39, 0.29) is 12.6 Å². The summed E-state index contributed by atoms with van der Waals surface area (Å²) in [6.07, 6.45) is 0.937. The average Bonchev–Trinajstić information content (AvgIpc) is 2.03. The predicted octanol–water partition coefficient (Wildman–Crippen LogP) is 0.503. The summed E-state index contributed by atoms with van der Waals surface area (Å²) in [7, 11) is 1.32. The summed E-state index contributed by atoms with van der Waals surface area (Å²) in [6.45, 7) is 2.03. The van der Waals surface area contributed by atoms with Crippen LogP contribution in [0.15, 0.2) is 0 Å². The topological polar surface area (TPSA) is 58.6 Å². The lowest BCUT2D eigenvalue weighted by Crippen LogP contribution is -2.34. The first-order valence-electron chi connectivity index (χ1n) is 3.70. The molecule has 0 saturated heterocycles. The molecule has 4 nitrogen and oxygen atoms in total. The lowest BCUT2D eigenvalue weighted by atomic mass is 10.2. The van der Waals surface area contributed by atoms with E-state index < -0.39 is 6.09 Å². The van der Waals surface area contributed by atoms with Gasteiger partial charge in [0.25, 0.3) is 0 Å². The van der Waals surface area contributed by atoms with Gasteiger partial charge in [0.1, 0.15) is 0 Å². The Kier molecular flexibility index (Phi) is 5.56. The Bertz CT molecular complexity index is 116. The monoisotopic (exact) mass is 161 g/mol. The second-order valence-electron chi connectivity index (χ2n) is 2.25. The second-order valence-corrected chi connectivity index (χ2v) is 2.25. The smallest absolute Gasteiger partial charge is 0.407 e. The number of rotatable bonds is 4. The zero-order valence-electron chi connectivity index (χ0n) is 6.96. The molecular weight excluding hydrogens is 146 g/mol. The van der Waals surface area contributed by atoms with E-state index in [1.165, 1.54) is 7.11 Å².